The van der Waals surface area contributed by atoms with Crippen molar-refractivity contribution in [3.05, 3.63) is 34.3 Å². The lowest BCUT2D eigenvalue weighted by molar-refractivity contribution is -0.137. The van der Waals surface area contributed by atoms with Crippen molar-refractivity contribution in [2.24, 2.45) is 0 Å². The first-order valence-electron chi connectivity index (χ1n) is 7.98. The van der Waals surface area contributed by atoms with Crippen LogP contribution in [0.15, 0.2) is 28.7 Å². The molecule has 2 fully saturated rings. The molecule has 0 bridgehead atoms. The molecule has 1 N–H and O–H groups in total. The van der Waals surface area contributed by atoms with Crippen molar-refractivity contribution in [2.75, 3.05) is 26.2 Å². The molecule has 1 saturated heterocycles. The number of rotatable bonds is 2. The maximum absolute atomic E-state index is 13.3. The van der Waals surface area contributed by atoms with Gasteiger partial charge in [0, 0.05) is 24.1 Å². The van der Waals surface area contributed by atoms with Crippen LogP contribution in [0.25, 0.3) is 0 Å². The number of carbonyl (C=O) groups is 1. The fraction of sp³-hybridized carbons (Fsp3) is 0.588. The second-order valence-electron chi connectivity index (χ2n) is 6.20. The maximum atomic E-state index is 13.3. The molecule has 0 spiro atoms. The fourth-order valence-electron chi connectivity index (χ4n) is 3.74. The molecule has 3 nitrogen and oxygen atoms in total. The minimum Gasteiger partial charge on any atom is -0.341 e. The van der Waals surface area contributed by atoms with Crippen molar-refractivity contribution in [3.8, 4) is 0 Å². The average Bonchev–Trinajstić information content (AvgIpc) is 2.84. The van der Waals surface area contributed by atoms with Crippen LogP contribution in [-0.2, 0) is 10.2 Å². The van der Waals surface area contributed by atoms with Crippen molar-refractivity contribution in [1.29, 1.82) is 0 Å². The number of hydrogen-bond donors (Lipinski definition) is 1. The highest BCUT2D eigenvalue weighted by atomic mass is 79.9. The van der Waals surface area contributed by atoms with Crippen LogP contribution in [0.5, 0.6) is 0 Å². The monoisotopic (exact) mass is 386 g/mol. The molecule has 1 aromatic carbocycles. The van der Waals surface area contributed by atoms with Gasteiger partial charge in [0.15, 0.2) is 0 Å². The van der Waals surface area contributed by atoms with Gasteiger partial charge in [-0.05, 0) is 43.5 Å². The van der Waals surface area contributed by atoms with E-state index in [1.807, 2.05) is 6.07 Å². The molecule has 3 rings (SSSR count). The van der Waals surface area contributed by atoms with Crippen LogP contribution in [0.1, 0.15) is 37.7 Å². The molecule has 1 aromatic rings. The number of benzene rings is 1. The van der Waals surface area contributed by atoms with Gasteiger partial charge >= 0.3 is 0 Å². The summed E-state index contributed by atoms with van der Waals surface area (Å²) in [5.41, 5.74) is 0.908. The Balaban J connectivity index is 0.00000176. The molecule has 0 unspecified atom stereocenters. The minimum absolute atomic E-state index is 0. The zero-order valence-corrected chi connectivity index (χ0v) is 15.2. The molecule has 5 heteroatoms. The summed E-state index contributed by atoms with van der Waals surface area (Å²) in [6, 6.07) is 8.35. The number of nitrogens with one attached hydrogen (secondary N) is 1. The Labute approximate surface area is 147 Å². The van der Waals surface area contributed by atoms with E-state index in [0.29, 0.717) is 5.91 Å². The fourth-order valence-corrected chi connectivity index (χ4v) is 4.14. The standard InChI is InChI=1S/C17H23BrN2O.ClH/c18-15-6-3-5-14(13-15)17(7-1-2-8-17)16(21)20-11-4-9-19-10-12-20;/h3,5-6,13,19H,1-2,4,7-12H2;1H. The third-order valence-electron chi connectivity index (χ3n) is 4.87. The van der Waals surface area contributed by atoms with Crippen molar-refractivity contribution in [1.82, 2.24) is 10.2 Å². The van der Waals surface area contributed by atoms with E-state index >= 15 is 0 Å². The van der Waals surface area contributed by atoms with Crippen molar-refractivity contribution >= 4 is 34.2 Å². The average molecular weight is 388 g/mol. The first-order valence-corrected chi connectivity index (χ1v) is 8.78. The number of hydrogen-bond acceptors (Lipinski definition) is 2. The van der Waals surface area contributed by atoms with Crippen LogP contribution in [0.2, 0.25) is 0 Å². The number of nitrogens with zero attached hydrogens (tertiary/aromatic N) is 1. The molecule has 1 heterocycles. The normalized spacial score (nSPS) is 21.0. The van der Waals surface area contributed by atoms with Gasteiger partial charge in [-0.3, -0.25) is 4.79 Å². The molecule has 1 aliphatic heterocycles. The summed E-state index contributed by atoms with van der Waals surface area (Å²) in [4.78, 5) is 15.4. The second-order valence-corrected chi connectivity index (χ2v) is 7.11. The van der Waals surface area contributed by atoms with E-state index < -0.39 is 0 Å². The van der Waals surface area contributed by atoms with Crippen LogP contribution in [0.4, 0.5) is 0 Å². The Hall–Kier alpha value is -0.580. The summed E-state index contributed by atoms with van der Waals surface area (Å²) >= 11 is 3.56. The predicted octanol–water partition coefficient (Wildman–Crippen LogP) is 3.50. The number of amides is 1. The van der Waals surface area contributed by atoms with E-state index in [1.165, 1.54) is 5.56 Å². The number of carbonyl (C=O) groups excluding carboxylic acids is 1. The smallest absolute Gasteiger partial charge is 0.233 e. The van der Waals surface area contributed by atoms with Crippen molar-refractivity contribution in [2.45, 2.75) is 37.5 Å². The van der Waals surface area contributed by atoms with E-state index in [0.717, 1.165) is 62.8 Å². The van der Waals surface area contributed by atoms with Crippen LogP contribution in [0.3, 0.4) is 0 Å². The Morgan fingerprint density at radius 1 is 1.14 bits per heavy atom. The summed E-state index contributed by atoms with van der Waals surface area (Å²) in [7, 11) is 0. The van der Waals surface area contributed by atoms with Crippen molar-refractivity contribution < 1.29 is 4.79 Å². The third kappa shape index (κ3) is 3.50. The SMILES string of the molecule is Cl.O=C(N1CCCNCC1)C1(c2cccc(Br)c2)CCCC1. The topological polar surface area (TPSA) is 32.3 Å². The second kappa shape index (κ2) is 7.80. The highest BCUT2D eigenvalue weighted by molar-refractivity contribution is 9.10. The molecule has 1 aliphatic carbocycles. The molecule has 22 heavy (non-hydrogen) atoms. The van der Waals surface area contributed by atoms with Crippen molar-refractivity contribution in [3.63, 3.8) is 0 Å². The van der Waals surface area contributed by atoms with Gasteiger partial charge in [-0.25, -0.2) is 0 Å². The molecular formula is C17H24BrClN2O. The van der Waals surface area contributed by atoms with Crippen LogP contribution < -0.4 is 5.32 Å². The summed E-state index contributed by atoms with van der Waals surface area (Å²) in [6.07, 6.45) is 5.35. The van der Waals surface area contributed by atoms with Gasteiger partial charge in [0.2, 0.25) is 5.91 Å². The Kier molecular flexibility index (Phi) is 6.30. The Bertz CT molecular complexity index is 509. The molecule has 1 saturated carbocycles. The van der Waals surface area contributed by atoms with Gasteiger partial charge in [-0.1, -0.05) is 40.9 Å². The quantitative estimate of drug-likeness (QED) is 0.842. The minimum atomic E-state index is -0.284. The van der Waals surface area contributed by atoms with Gasteiger partial charge in [0.25, 0.3) is 0 Å². The lowest BCUT2D eigenvalue weighted by Crippen LogP contribution is -2.46. The Morgan fingerprint density at radius 2 is 1.91 bits per heavy atom. The van der Waals surface area contributed by atoms with E-state index in [4.69, 9.17) is 0 Å². The largest absolute Gasteiger partial charge is 0.341 e. The molecule has 2 aliphatic rings. The van der Waals surface area contributed by atoms with Crippen LogP contribution >= 0.6 is 28.3 Å². The zero-order valence-electron chi connectivity index (χ0n) is 12.8. The van der Waals surface area contributed by atoms with Gasteiger partial charge < -0.3 is 10.2 Å². The summed E-state index contributed by atoms with van der Waals surface area (Å²) in [5.74, 6) is 0.349. The highest BCUT2D eigenvalue weighted by Gasteiger charge is 2.44. The third-order valence-corrected chi connectivity index (χ3v) is 5.36. The van der Waals surface area contributed by atoms with E-state index in [2.05, 4.69) is 44.3 Å². The first-order chi connectivity index (χ1) is 10.2. The maximum Gasteiger partial charge on any atom is 0.233 e. The summed E-state index contributed by atoms with van der Waals surface area (Å²) < 4.78 is 1.07. The molecule has 0 aromatic heterocycles. The van der Waals surface area contributed by atoms with Crippen LogP contribution in [0, 0.1) is 0 Å². The first kappa shape index (κ1) is 17.8. The van der Waals surface area contributed by atoms with Crippen LogP contribution in [-0.4, -0.2) is 37.0 Å². The van der Waals surface area contributed by atoms with E-state index in [1.54, 1.807) is 0 Å². The van der Waals surface area contributed by atoms with Gasteiger partial charge in [-0.2, -0.15) is 0 Å². The van der Waals surface area contributed by atoms with E-state index in [-0.39, 0.29) is 17.8 Å². The lowest BCUT2D eigenvalue weighted by Gasteiger charge is -2.34. The van der Waals surface area contributed by atoms with Gasteiger partial charge in [-0.15, -0.1) is 12.4 Å². The highest BCUT2D eigenvalue weighted by Crippen LogP contribution is 2.43. The molecule has 122 valence electrons. The van der Waals surface area contributed by atoms with E-state index in [9.17, 15) is 4.79 Å². The molecular weight excluding hydrogens is 364 g/mol. The predicted molar refractivity (Wildman–Crippen MR) is 95.6 cm³/mol. The summed E-state index contributed by atoms with van der Waals surface area (Å²) in [6.45, 7) is 3.67. The van der Waals surface area contributed by atoms with Gasteiger partial charge in [0.1, 0.15) is 0 Å². The number of halogens is 2. The lowest BCUT2D eigenvalue weighted by atomic mass is 9.77. The molecule has 1 amide bonds. The summed E-state index contributed by atoms with van der Waals surface area (Å²) in [5, 5.41) is 3.38. The zero-order chi connectivity index (χ0) is 14.7. The molecule has 0 atom stereocenters. The molecule has 0 radical (unpaired) electrons. The van der Waals surface area contributed by atoms with Gasteiger partial charge in [0.05, 0.1) is 5.41 Å². The Morgan fingerprint density at radius 3 is 2.64 bits per heavy atom.